The molecule has 2 saturated heterocycles. The van der Waals surface area contributed by atoms with Crippen LogP contribution in [0.5, 0.6) is 11.5 Å². The molecule has 11 nitrogen and oxygen atoms in total. The predicted molar refractivity (Wildman–Crippen MR) is 114 cm³/mol. The molecule has 0 aliphatic carbocycles. The monoisotopic (exact) mass is 471 g/mol. The molecule has 12 heteroatoms. The third-order valence-electron chi connectivity index (χ3n) is 6.00. The summed E-state index contributed by atoms with van der Waals surface area (Å²) in [6.45, 7) is 0.690. The average molecular weight is 471 g/mol. The number of tetrazole rings is 1. The zero-order valence-corrected chi connectivity index (χ0v) is 18.2. The standard InChI is InChI=1S/C21H21N5O6S/c27-33(28,11-13-4-2-1-3-5-13)23-15-9-29-20-16(10-30-19(15)20)26-21(22-24-25-26)14-6-7-17-18(8-14)32-12-31-17/h1-8,15-16,19-20,23H,9-12H2/t15-,16+,19-,20+/m1/s1. The molecule has 0 saturated carbocycles. The molecule has 172 valence electrons. The third kappa shape index (κ3) is 3.84. The maximum atomic E-state index is 12.7. The lowest BCUT2D eigenvalue weighted by atomic mass is 10.1. The van der Waals surface area contributed by atoms with E-state index in [1.54, 1.807) is 16.8 Å². The van der Waals surface area contributed by atoms with Crippen molar-refractivity contribution < 1.29 is 27.4 Å². The van der Waals surface area contributed by atoms with Gasteiger partial charge in [0.2, 0.25) is 16.8 Å². The number of sulfonamides is 1. The summed E-state index contributed by atoms with van der Waals surface area (Å²) in [5.41, 5.74) is 1.48. The zero-order chi connectivity index (χ0) is 22.4. The van der Waals surface area contributed by atoms with E-state index < -0.39 is 22.2 Å². The van der Waals surface area contributed by atoms with E-state index in [9.17, 15) is 8.42 Å². The Balaban J connectivity index is 1.19. The quantitative estimate of drug-likeness (QED) is 0.558. The highest BCUT2D eigenvalue weighted by Crippen LogP contribution is 2.38. The highest BCUT2D eigenvalue weighted by molar-refractivity contribution is 7.88. The van der Waals surface area contributed by atoms with Gasteiger partial charge in [-0.1, -0.05) is 30.3 Å². The van der Waals surface area contributed by atoms with Crippen LogP contribution in [0.4, 0.5) is 0 Å². The lowest BCUT2D eigenvalue weighted by Gasteiger charge is -2.18. The molecule has 0 bridgehead atoms. The van der Waals surface area contributed by atoms with Crippen molar-refractivity contribution in [3.8, 4) is 22.9 Å². The molecule has 3 aliphatic heterocycles. The number of ether oxygens (including phenoxy) is 4. The summed E-state index contributed by atoms with van der Waals surface area (Å²) in [6.07, 6.45) is -0.819. The van der Waals surface area contributed by atoms with Crippen molar-refractivity contribution >= 4 is 10.0 Å². The topological polar surface area (TPSA) is 127 Å². The fraction of sp³-hybridized carbons (Fsp3) is 0.381. The predicted octanol–water partition coefficient (Wildman–Crippen LogP) is 0.896. The van der Waals surface area contributed by atoms with Gasteiger partial charge in [0, 0.05) is 5.56 Å². The first-order valence-electron chi connectivity index (χ1n) is 10.5. The molecule has 0 spiro atoms. The number of rotatable bonds is 6. The Labute approximate surface area is 189 Å². The minimum atomic E-state index is -3.57. The molecular weight excluding hydrogens is 450 g/mol. The van der Waals surface area contributed by atoms with Crippen molar-refractivity contribution in [3.63, 3.8) is 0 Å². The molecule has 1 aromatic heterocycles. The van der Waals surface area contributed by atoms with Crippen molar-refractivity contribution in [2.24, 2.45) is 0 Å². The molecule has 0 amide bonds. The van der Waals surface area contributed by atoms with Crippen molar-refractivity contribution in [1.82, 2.24) is 24.9 Å². The normalized spacial score (nSPS) is 25.9. The Morgan fingerprint density at radius 3 is 2.70 bits per heavy atom. The highest BCUT2D eigenvalue weighted by Gasteiger charge is 2.50. The molecule has 1 N–H and O–H groups in total. The summed E-state index contributed by atoms with van der Waals surface area (Å²) < 4.78 is 52.6. The minimum absolute atomic E-state index is 0.105. The van der Waals surface area contributed by atoms with Gasteiger partial charge < -0.3 is 18.9 Å². The summed E-state index contributed by atoms with van der Waals surface area (Å²) in [5.74, 6) is 1.74. The number of hydrogen-bond donors (Lipinski definition) is 1. The van der Waals surface area contributed by atoms with Crippen molar-refractivity contribution in [1.29, 1.82) is 0 Å². The molecule has 33 heavy (non-hydrogen) atoms. The number of hydrogen-bond acceptors (Lipinski definition) is 9. The summed E-state index contributed by atoms with van der Waals surface area (Å²) in [4.78, 5) is 0. The molecule has 4 atom stereocenters. The first-order chi connectivity index (χ1) is 16.1. The van der Waals surface area contributed by atoms with Crippen molar-refractivity contribution in [2.75, 3.05) is 20.0 Å². The van der Waals surface area contributed by atoms with Crippen LogP contribution in [0, 0.1) is 0 Å². The van der Waals surface area contributed by atoms with E-state index in [4.69, 9.17) is 18.9 Å². The summed E-state index contributed by atoms with van der Waals surface area (Å²) in [5, 5.41) is 12.2. The van der Waals surface area contributed by atoms with Crippen LogP contribution in [0.25, 0.3) is 11.4 Å². The van der Waals surface area contributed by atoms with Gasteiger partial charge in [-0.15, -0.1) is 5.10 Å². The second-order valence-electron chi connectivity index (χ2n) is 8.15. The van der Waals surface area contributed by atoms with Crippen LogP contribution < -0.4 is 14.2 Å². The summed E-state index contributed by atoms with van der Waals surface area (Å²) in [7, 11) is -3.57. The fourth-order valence-corrected chi connectivity index (χ4v) is 5.88. The number of benzene rings is 2. The number of nitrogens with one attached hydrogen (secondary N) is 1. The van der Waals surface area contributed by atoms with E-state index >= 15 is 0 Å². The zero-order valence-electron chi connectivity index (χ0n) is 17.4. The van der Waals surface area contributed by atoms with E-state index in [-0.39, 0.29) is 31.3 Å². The Hall–Kier alpha value is -3.06. The van der Waals surface area contributed by atoms with Crippen LogP contribution in [-0.4, -0.2) is 66.9 Å². The van der Waals surface area contributed by atoms with E-state index in [1.807, 2.05) is 36.4 Å². The molecule has 4 heterocycles. The molecule has 2 aromatic carbocycles. The Morgan fingerprint density at radius 1 is 1.00 bits per heavy atom. The third-order valence-corrected chi connectivity index (χ3v) is 7.37. The van der Waals surface area contributed by atoms with Gasteiger partial charge in [-0.25, -0.2) is 17.8 Å². The van der Waals surface area contributed by atoms with Crippen LogP contribution >= 0.6 is 0 Å². The Kier molecular flexibility index (Phi) is 5.02. The second kappa shape index (κ2) is 8.06. The Bertz CT molecular complexity index is 1270. The highest BCUT2D eigenvalue weighted by atomic mass is 32.2. The van der Waals surface area contributed by atoms with Crippen LogP contribution in [0.3, 0.4) is 0 Å². The van der Waals surface area contributed by atoms with Gasteiger partial charge in [-0.05, 0) is 34.2 Å². The van der Waals surface area contributed by atoms with Gasteiger partial charge in [0.05, 0.1) is 25.0 Å². The minimum Gasteiger partial charge on any atom is -0.454 e. The molecular formula is C21H21N5O6S. The van der Waals surface area contributed by atoms with Gasteiger partial charge in [0.15, 0.2) is 17.3 Å². The first kappa shape index (κ1) is 20.5. The Morgan fingerprint density at radius 2 is 1.82 bits per heavy atom. The molecule has 3 aliphatic rings. The lowest BCUT2D eigenvalue weighted by Crippen LogP contribution is -2.44. The number of fused-ring (bicyclic) bond motifs is 2. The van der Waals surface area contributed by atoms with Gasteiger partial charge in [-0.3, -0.25) is 0 Å². The van der Waals surface area contributed by atoms with Crippen molar-refractivity contribution in [3.05, 3.63) is 54.1 Å². The number of aromatic nitrogens is 4. The van der Waals surface area contributed by atoms with E-state index in [0.717, 1.165) is 5.56 Å². The maximum absolute atomic E-state index is 12.7. The first-order valence-corrected chi connectivity index (χ1v) is 12.2. The average Bonchev–Trinajstić information content (AvgIpc) is 3.58. The van der Waals surface area contributed by atoms with Gasteiger partial charge in [0.25, 0.3) is 0 Å². The SMILES string of the molecule is O=S(=O)(Cc1ccccc1)N[C@@H]1CO[C@@H]2[C@@H]1OC[C@@H]2n1nnnc1-c1ccc2c(c1)OCO2. The van der Waals surface area contributed by atoms with E-state index in [0.29, 0.717) is 29.5 Å². The van der Waals surface area contributed by atoms with Gasteiger partial charge in [-0.2, -0.15) is 0 Å². The van der Waals surface area contributed by atoms with Crippen LogP contribution in [0.15, 0.2) is 48.5 Å². The summed E-state index contributed by atoms with van der Waals surface area (Å²) in [6, 6.07) is 13.8. The van der Waals surface area contributed by atoms with E-state index in [2.05, 4.69) is 20.2 Å². The smallest absolute Gasteiger partial charge is 0.231 e. The molecule has 0 radical (unpaired) electrons. The lowest BCUT2D eigenvalue weighted by molar-refractivity contribution is 0.0626. The maximum Gasteiger partial charge on any atom is 0.231 e. The molecule has 0 unspecified atom stereocenters. The molecule has 3 aromatic rings. The molecule has 2 fully saturated rings. The van der Waals surface area contributed by atoms with E-state index in [1.165, 1.54) is 0 Å². The van der Waals surface area contributed by atoms with Crippen LogP contribution in [0.2, 0.25) is 0 Å². The largest absolute Gasteiger partial charge is 0.454 e. The van der Waals surface area contributed by atoms with Crippen molar-refractivity contribution in [2.45, 2.75) is 30.0 Å². The molecule has 6 rings (SSSR count). The fourth-order valence-electron chi connectivity index (χ4n) is 4.50. The second-order valence-corrected chi connectivity index (χ2v) is 9.90. The van der Waals surface area contributed by atoms with Crippen LogP contribution in [0.1, 0.15) is 11.6 Å². The summed E-state index contributed by atoms with van der Waals surface area (Å²) >= 11 is 0. The number of nitrogens with zero attached hydrogens (tertiary/aromatic N) is 4. The van der Waals surface area contributed by atoms with Gasteiger partial charge in [0.1, 0.15) is 18.2 Å². The van der Waals surface area contributed by atoms with Gasteiger partial charge >= 0.3 is 0 Å². The van der Waals surface area contributed by atoms with Crippen LogP contribution in [-0.2, 0) is 25.2 Å².